The van der Waals surface area contributed by atoms with E-state index in [4.69, 9.17) is 4.74 Å². The molecule has 5 nitrogen and oxygen atoms in total. The largest absolute Gasteiger partial charge is 0.488 e. The minimum atomic E-state index is 0.140. The van der Waals surface area contributed by atoms with Crippen LogP contribution >= 0.6 is 0 Å². The maximum absolute atomic E-state index is 5.94. The highest BCUT2D eigenvalue weighted by Crippen LogP contribution is 2.28. The number of ether oxygens (including phenoxy) is 1. The lowest BCUT2D eigenvalue weighted by Gasteiger charge is -2.21. The molecule has 0 radical (unpaired) electrons. The minimum absolute atomic E-state index is 0.140. The summed E-state index contributed by atoms with van der Waals surface area (Å²) < 4.78 is 5.94. The fourth-order valence-corrected chi connectivity index (χ4v) is 2.50. The van der Waals surface area contributed by atoms with Crippen LogP contribution in [0.3, 0.4) is 0 Å². The number of hydrogen-bond acceptors (Lipinski definition) is 3. The van der Waals surface area contributed by atoms with Crippen molar-refractivity contribution in [2.45, 2.75) is 39.3 Å². The molecule has 0 aliphatic carbocycles. The number of nitrogens with zero attached hydrogens (tertiary/aromatic N) is 2. The van der Waals surface area contributed by atoms with Crippen molar-refractivity contribution in [3.63, 3.8) is 0 Å². The number of nitrogens with one attached hydrogen (secondary N) is 2. The number of rotatable bonds is 7. The fourth-order valence-electron chi connectivity index (χ4n) is 2.50. The van der Waals surface area contributed by atoms with E-state index in [-0.39, 0.29) is 6.10 Å². The van der Waals surface area contributed by atoms with Crippen LogP contribution in [-0.4, -0.2) is 56.2 Å². The first-order chi connectivity index (χ1) is 11.1. The smallest absolute Gasteiger partial charge is 0.191 e. The third kappa shape index (κ3) is 5.43. The molecule has 2 N–H and O–H groups in total. The number of hydrogen-bond donors (Lipinski definition) is 2. The van der Waals surface area contributed by atoms with E-state index in [9.17, 15) is 0 Å². The summed E-state index contributed by atoms with van der Waals surface area (Å²) in [5.74, 6) is 1.87. The van der Waals surface area contributed by atoms with E-state index in [0.29, 0.717) is 12.6 Å². The van der Waals surface area contributed by atoms with Crippen LogP contribution in [0.1, 0.15) is 26.3 Å². The topological polar surface area (TPSA) is 48.9 Å². The highest BCUT2D eigenvalue weighted by atomic mass is 16.5. The normalized spacial score (nSPS) is 17.3. The molecule has 1 aromatic rings. The molecular formula is C18H30N4O. The molecule has 0 spiro atoms. The highest BCUT2D eigenvalue weighted by Gasteiger charge is 2.21. The Hall–Kier alpha value is -1.75. The lowest BCUT2D eigenvalue weighted by molar-refractivity contribution is 0.241. The van der Waals surface area contributed by atoms with Gasteiger partial charge in [-0.2, -0.15) is 0 Å². The first-order valence-electron chi connectivity index (χ1n) is 8.57. The Morgan fingerprint density at radius 1 is 1.35 bits per heavy atom. The molecule has 0 amide bonds. The van der Waals surface area contributed by atoms with E-state index >= 15 is 0 Å². The predicted molar refractivity (Wildman–Crippen MR) is 96.3 cm³/mol. The maximum atomic E-state index is 5.94. The van der Waals surface area contributed by atoms with Crippen molar-refractivity contribution in [1.29, 1.82) is 0 Å². The van der Waals surface area contributed by atoms with Gasteiger partial charge in [0.15, 0.2) is 5.96 Å². The molecule has 0 saturated carbocycles. The van der Waals surface area contributed by atoms with Crippen LogP contribution in [0.25, 0.3) is 0 Å². The van der Waals surface area contributed by atoms with E-state index in [0.717, 1.165) is 37.8 Å². The number of aliphatic imine (C=N–C) groups is 1. The Morgan fingerprint density at radius 2 is 2.13 bits per heavy atom. The molecule has 0 saturated heterocycles. The quantitative estimate of drug-likeness (QED) is 0.595. The van der Waals surface area contributed by atoms with Crippen molar-refractivity contribution < 1.29 is 4.74 Å². The molecule has 23 heavy (non-hydrogen) atoms. The van der Waals surface area contributed by atoms with Crippen LogP contribution in [0.15, 0.2) is 29.3 Å². The Kier molecular flexibility index (Phi) is 6.71. The molecule has 1 heterocycles. The average molecular weight is 318 g/mol. The van der Waals surface area contributed by atoms with E-state index in [2.05, 4.69) is 60.5 Å². The molecule has 0 aromatic heterocycles. The lowest BCUT2D eigenvalue weighted by Crippen LogP contribution is -2.42. The van der Waals surface area contributed by atoms with Gasteiger partial charge in [0, 0.05) is 32.1 Å². The average Bonchev–Trinajstić information content (AvgIpc) is 2.95. The summed E-state index contributed by atoms with van der Waals surface area (Å²) in [4.78, 5) is 6.98. The Balaban J connectivity index is 1.80. The number of benzene rings is 1. The molecule has 128 valence electrons. The molecular weight excluding hydrogens is 288 g/mol. The van der Waals surface area contributed by atoms with Crippen LogP contribution in [0.4, 0.5) is 0 Å². The summed E-state index contributed by atoms with van der Waals surface area (Å²) in [6.45, 7) is 9.89. The Labute approximate surface area is 140 Å². The van der Waals surface area contributed by atoms with Gasteiger partial charge in [-0.25, -0.2) is 4.99 Å². The first-order valence-corrected chi connectivity index (χ1v) is 8.57. The monoisotopic (exact) mass is 318 g/mol. The van der Waals surface area contributed by atoms with Crippen molar-refractivity contribution in [3.8, 4) is 5.75 Å². The van der Waals surface area contributed by atoms with Crippen molar-refractivity contribution in [1.82, 2.24) is 15.5 Å². The van der Waals surface area contributed by atoms with Crippen molar-refractivity contribution >= 4 is 5.96 Å². The van der Waals surface area contributed by atoms with Gasteiger partial charge >= 0.3 is 0 Å². The van der Waals surface area contributed by atoms with Gasteiger partial charge in [-0.3, -0.25) is 0 Å². The van der Waals surface area contributed by atoms with Gasteiger partial charge in [0.2, 0.25) is 0 Å². The summed E-state index contributed by atoms with van der Waals surface area (Å²) in [7, 11) is 2.14. The van der Waals surface area contributed by atoms with E-state index in [1.165, 1.54) is 5.56 Å². The molecule has 0 bridgehead atoms. The zero-order valence-corrected chi connectivity index (χ0v) is 14.8. The maximum Gasteiger partial charge on any atom is 0.191 e. The zero-order valence-electron chi connectivity index (χ0n) is 14.8. The predicted octanol–water partition coefficient (Wildman–Crippen LogP) is 1.89. The molecule has 1 aromatic carbocycles. The molecule has 1 aliphatic rings. The Bertz CT molecular complexity index is 490. The van der Waals surface area contributed by atoms with Gasteiger partial charge in [0.05, 0.1) is 6.54 Å². The van der Waals surface area contributed by atoms with Crippen molar-refractivity contribution in [3.05, 3.63) is 29.8 Å². The number of likely N-dealkylation sites (N-methyl/N-ethyl adjacent to an activating group) is 1. The zero-order chi connectivity index (χ0) is 16.7. The van der Waals surface area contributed by atoms with Crippen LogP contribution in [0.2, 0.25) is 0 Å². The van der Waals surface area contributed by atoms with Gasteiger partial charge in [0.25, 0.3) is 0 Å². The van der Waals surface area contributed by atoms with Gasteiger partial charge < -0.3 is 20.3 Å². The summed E-state index contributed by atoms with van der Waals surface area (Å²) in [6, 6.07) is 8.79. The SMILES string of the molecule is CCNC(=NCC1Cc2ccccc2O1)NCCN(C)C(C)C. The summed E-state index contributed by atoms with van der Waals surface area (Å²) in [5.41, 5.74) is 1.28. The molecule has 1 atom stereocenters. The molecule has 0 fully saturated rings. The lowest BCUT2D eigenvalue weighted by atomic mass is 10.1. The molecule has 1 aliphatic heterocycles. The van der Waals surface area contributed by atoms with E-state index < -0.39 is 0 Å². The third-order valence-corrected chi connectivity index (χ3v) is 4.15. The number of para-hydroxylation sites is 1. The highest BCUT2D eigenvalue weighted by molar-refractivity contribution is 5.79. The van der Waals surface area contributed by atoms with Crippen LogP contribution in [0.5, 0.6) is 5.75 Å². The molecule has 5 heteroatoms. The Morgan fingerprint density at radius 3 is 2.83 bits per heavy atom. The van der Waals surface area contributed by atoms with Gasteiger partial charge in [-0.1, -0.05) is 18.2 Å². The number of fused-ring (bicyclic) bond motifs is 1. The van der Waals surface area contributed by atoms with E-state index in [1.54, 1.807) is 0 Å². The van der Waals surface area contributed by atoms with Crippen molar-refractivity contribution in [2.24, 2.45) is 4.99 Å². The molecule has 1 unspecified atom stereocenters. The summed E-state index contributed by atoms with van der Waals surface area (Å²) in [6.07, 6.45) is 1.08. The second kappa shape index (κ2) is 8.77. The minimum Gasteiger partial charge on any atom is -0.488 e. The van der Waals surface area contributed by atoms with Crippen LogP contribution in [-0.2, 0) is 6.42 Å². The summed E-state index contributed by atoms with van der Waals surface area (Å²) in [5, 5.41) is 6.69. The van der Waals surface area contributed by atoms with Crippen LogP contribution in [0, 0.1) is 0 Å². The first kappa shape index (κ1) is 17.6. The molecule has 2 rings (SSSR count). The summed E-state index contributed by atoms with van der Waals surface area (Å²) >= 11 is 0. The van der Waals surface area contributed by atoms with Gasteiger partial charge in [-0.05, 0) is 39.4 Å². The standard InChI is InChI=1S/C18H30N4O/c1-5-19-18(20-10-11-22(4)14(2)3)21-13-16-12-15-8-6-7-9-17(15)23-16/h6-9,14,16H,5,10-13H2,1-4H3,(H2,19,20,21). The van der Waals surface area contributed by atoms with Gasteiger partial charge in [0.1, 0.15) is 11.9 Å². The van der Waals surface area contributed by atoms with E-state index in [1.807, 2.05) is 12.1 Å². The second-order valence-electron chi connectivity index (χ2n) is 6.27. The van der Waals surface area contributed by atoms with Crippen molar-refractivity contribution in [2.75, 3.05) is 33.2 Å². The third-order valence-electron chi connectivity index (χ3n) is 4.15. The van der Waals surface area contributed by atoms with Crippen LogP contribution < -0.4 is 15.4 Å². The number of guanidine groups is 1. The fraction of sp³-hybridized carbons (Fsp3) is 0.611. The second-order valence-corrected chi connectivity index (χ2v) is 6.27. The van der Waals surface area contributed by atoms with Gasteiger partial charge in [-0.15, -0.1) is 0 Å².